The van der Waals surface area contributed by atoms with Gasteiger partial charge >= 0.3 is 0 Å². The second kappa shape index (κ2) is 5.98. The Morgan fingerprint density at radius 1 is 1.50 bits per heavy atom. The normalized spacial score (nSPS) is 21.9. The predicted molar refractivity (Wildman–Crippen MR) is 76.6 cm³/mol. The highest BCUT2D eigenvalue weighted by Gasteiger charge is 2.29. The van der Waals surface area contributed by atoms with Gasteiger partial charge in [-0.1, -0.05) is 0 Å². The maximum absolute atomic E-state index is 12.0. The molecule has 1 aromatic heterocycles. The SMILES string of the molecule is CS(=O)(=O)NCC(=O)N1CCc2oc(C3CCOC3)nc2C1. The van der Waals surface area contributed by atoms with Gasteiger partial charge in [0.05, 0.1) is 31.9 Å². The first-order valence-corrected chi connectivity index (χ1v) is 9.10. The van der Waals surface area contributed by atoms with E-state index in [9.17, 15) is 13.2 Å². The van der Waals surface area contributed by atoms with Gasteiger partial charge in [-0.15, -0.1) is 0 Å². The Kier molecular flexibility index (Phi) is 4.20. The minimum atomic E-state index is -3.37. The Labute approximate surface area is 128 Å². The second-order valence-electron chi connectivity index (χ2n) is 5.64. The van der Waals surface area contributed by atoms with E-state index in [-0.39, 0.29) is 18.4 Å². The molecule has 0 radical (unpaired) electrons. The first-order chi connectivity index (χ1) is 10.4. The zero-order chi connectivity index (χ0) is 15.7. The maximum atomic E-state index is 12.0. The highest BCUT2D eigenvalue weighted by molar-refractivity contribution is 7.88. The fraction of sp³-hybridized carbons (Fsp3) is 0.692. The van der Waals surface area contributed by atoms with Crippen LogP contribution in [-0.4, -0.2) is 56.8 Å². The summed E-state index contributed by atoms with van der Waals surface area (Å²) in [6.07, 6.45) is 2.53. The molecular weight excluding hydrogens is 310 g/mol. The summed E-state index contributed by atoms with van der Waals surface area (Å²) in [5.74, 6) is 1.44. The van der Waals surface area contributed by atoms with Crippen LogP contribution in [0.1, 0.15) is 29.7 Å². The van der Waals surface area contributed by atoms with Gasteiger partial charge in [-0.05, 0) is 6.42 Å². The highest BCUT2D eigenvalue weighted by atomic mass is 32.2. The van der Waals surface area contributed by atoms with Crippen molar-refractivity contribution in [3.05, 3.63) is 17.3 Å². The van der Waals surface area contributed by atoms with E-state index in [0.717, 1.165) is 30.7 Å². The van der Waals surface area contributed by atoms with E-state index in [0.29, 0.717) is 32.0 Å². The van der Waals surface area contributed by atoms with Gasteiger partial charge in [0.2, 0.25) is 15.9 Å². The number of aromatic nitrogens is 1. The van der Waals surface area contributed by atoms with E-state index in [4.69, 9.17) is 9.15 Å². The number of oxazole rings is 1. The number of hydrogen-bond acceptors (Lipinski definition) is 6. The van der Waals surface area contributed by atoms with Gasteiger partial charge in [0.15, 0.2) is 5.89 Å². The number of nitrogens with one attached hydrogen (secondary N) is 1. The van der Waals surface area contributed by atoms with Gasteiger partial charge in [0.1, 0.15) is 11.5 Å². The summed E-state index contributed by atoms with van der Waals surface area (Å²) in [4.78, 5) is 18.1. The van der Waals surface area contributed by atoms with Gasteiger partial charge < -0.3 is 14.1 Å². The Bertz CT molecular complexity index is 663. The minimum absolute atomic E-state index is 0.196. The van der Waals surface area contributed by atoms with Gasteiger partial charge in [0.25, 0.3) is 0 Å². The molecule has 8 nitrogen and oxygen atoms in total. The van der Waals surface area contributed by atoms with Gasteiger partial charge in [-0.25, -0.2) is 18.1 Å². The number of nitrogens with zero attached hydrogens (tertiary/aromatic N) is 2. The lowest BCUT2D eigenvalue weighted by Gasteiger charge is -2.25. The third kappa shape index (κ3) is 3.47. The molecule has 0 aliphatic carbocycles. The molecule has 1 amide bonds. The largest absolute Gasteiger partial charge is 0.445 e. The van der Waals surface area contributed by atoms with Crippen LogP contribution in [0.5, 0.6) is 0 Å². The van der Waals surface area contributed by atoms with E-state index in [1.807, 2.05) is 0 Å². The number of sulfonamides is 1. The molecule has 1 atom stereocenters. The number of ether oxygens (including phenoxy) is 1. The van der Waals surface area contributed by atoms with Crippen LogP contribution in [0.2, 0.25) is 0 Å². The summed E-state index contributed by atoms with van der Waals surface area (Å²) in [6, 6.07) is 0. The molecule has 1 N–H and O–H groups in total. The van der Waals surface area contributed by atoms with Gasteiger partial charge in [-0.2, -0.15) is 0 Å². The lowest BCUT2D eigenvalue weighted by atomic mass is 10.1. The molecule has 1 saturated heterocycles. The smallest absolute Gasteiger partial charge is 0.237 e. The molecule has 2 aliphatic rings. The molecule has 2 aliphatic heterocycles. The molecule has 22 heavy (non-hydrogen) atoms. The molecule has 3 heterocycles. The van der Waals surface area contributed by atoms with Gasteiger partial charge in [-0.3, -0.25) is 4.79 Å². The quantitative estimate of drug-likeness (QED) is 0.807. The third-order valence-electron chi connectivity index (χ3n) is 3.86. The van der Waals surface area contributed by atoms with E-state index in [2.05, 4.69) is 9.71 Å². The maximum Gasteiger partial charge on any atom is 0.237 e. The number of rotatable bonds is 4. The molecule has 9 heteroatoms. The molecular formula is C13H19N3O5S. The van der Waals surface area contributed by atoms with Crippen molar-refractivity contribution in [2.75, 3.05) is 32.6 Å². The molecule has 0 spiro atoms. The second-order valence-corrected chi connectivity index (χ2v) is 7.47. The zero-order valence-electron chi connectivity index (χ0n) is 12.4. The molecule has 1 unspecified atom stereocenters. The van der Waals surface area contributed by atoms with Crippen molar-refractivity contribution in [2.45, 2.75) is 25.3 Å². The van der Waals surface area contributed by atoms with Crippen molar-refractivity contribution in [1.82, 2.24) is 14.6 Å². The van der Waals surface area contributed by atoms with Crippen LogP contribution >= 0.6 is 0 Å². The average Bonchev–Trinajstić information content (AvgIpc) is 3.11. The fourth-order valence-corrected chi connectivity index (χ4v) is 3.03. The van der Waals surface area contributed by atoms with Gasteiger partial charge in [0, 0.05) is 19.6 Å². The standard InChI is InChI=1S/C13H19N3O5S/c1-22(18,19)14-6-12(17)16-4-2-11-10(7-16)15-13(21-11)9-3-5-20-8-9/h9,14H,2-8H2,1H3. The van der Waals surface area contributed by atoms with Crippen LogP contribution in [0.3, 0.4) is 0 Å². The number of fused-ring (bicyclic) bond motifs is 1. The van der Waals surface area contributed by atoms with Crippen molar-refractivity contribution < 1.29 is 22.4 Å². The minimum Gasteiger partial charge on any atom is -0.445 e. The summed E-state index contributed by atoms with van der Waals surface area (Å²) >= 11 is 0. The fourth-order valence-electron chi connectivity index (χ4n) is 2.64. The molecule has 0 saturated carbocycles. The lowest BCUT2D eigenvalue weighted by molar-refractivity contribution is -0.130. The van der Waals surface area contributed by atoms with Crippen molar-refractivity contribution in [1.29, 1.82) is 0 Å². The number of carbonyl (C=O) groups excluding carboxylic acids is 1. The van der Waals surface area contributed by atoms with E-state index >= 15 is 0 Å². The van der Waals surface area contributed by atoms with E-state index in [1.165, 1.54) is 0 Å². The van der Waals surface area contributed by atoms with Crippen LogP contribution in [0.15, 0.2) is 4.42 Å². The Morgan fingerprint density at radius 3 is 3.00 bits per heavy atom. The molecule has 0 aromatic carbocycles. The van der Waals surface area contributed by atoms with Crippen LogP contribution in [0.25, 0.3) is 0 Å². The summed E-state index contributed by atoms with van der Waals surface area (Å²) in [5, 5.41) is 0. The van der Waals surface area contributed by atoms with Crippen molar-refractivity contribution in [3.63, 3.8) is 0 Å². The van der Waals surface area contributed by atoms with Crippen LogP contribution in [0, 0.1) is 0 Å². The van der Waals surface area contributed by atoms with Crippen LogP contribution < -0.4 is 4.72 Å². The van der Waals surface area contributed by atoms with Crippen molar-refractivity contribution >= 4 is 15.9 Å². The predicted octanol–water partition coefficient (Wildman–Crippen LogP) is -0.388. The average molecular weight is 329 g/mol. The first-order valence-electron chi connectivity index (χ1n) is 7.21. The highest BCUT2D eigenvalue weighted by Crippen LogP contribution is 2.28. The topological polar surface area (TPSA) is 102 Å². The summed E-state index contributed by atoms with van der Waals surface area (Å²) in [5.41, 5.74) is 0.765. The number of amides is 1. The molecule has 122 valence electrons. The number of carbonyl (C=O) groups is 1. The van der Waals surface area contributed by atoms with Crippen molar-refractivity contribution in [3.8, 4) is 0 Å². The molecule has 0 bridgehead atoms. The molecule has 1 aromatic rings. The molecule has 3 rings (SSSR count). The first kappa shape index (κ1) is 15.4. The van der Waals surface area contributed by atoms with Crippen LogP contribution in [0.4, 0.5) is 0 Å². The van der Waals surface area contributed by atoms with E-state index in [1.54, 1.807) is 4.90 Å². The number of hydrogen-bond donors (Lipinski definition) is 1. The monoisotopic (exact) mass is 329 g/mol. The summed E-state index contributed by atoms with van der Waals surface area (Å²) in [6.45, 7) is 1.99. The Balaban J connectivity index is 1.64. The van der Waals surface area contributed by atoms with E-state index < -0.39 is 10.0 Å². The Morgan fingerprint density at radius 2 is 2.32 bits per heavy atom. The molecule has 1 fully saturated rings. The van der Waals surface area contributed by atoms with Crippen LogP contribution in [-0.2, 0) is 32.5 Å². The Hall–Kier alpha value is -1.45. The summed E-state index contributed by atoms with van der Waals surface area (Å²) in [7, 11) is -3.37. The third-order valence-corrected chi connectivity index (χ3v) is 4.53. The van der Waals surface area contributed by atoms with Crippen molar-refractivity contribution in [2.24, 2.45) is 0 Å². The lowest BCUT2D eigenvalue weighted by Crippen LogP contribution is -2.42. The zero-order valence-corrected chi connectivity index (χ0v) is 13.2. The summed E-state index contributed by atoms with van der Waals surface area (Å²) < 4.78 is 35.4.